The van der Waals surface area contributed by atoms with E-state index in [2.05, 4.69) is 15.4 Å². The molecule has 0 saturated carbocycles. The zero-order valence-corrected chi connectivity index (χ0v) is 13.4. The van der Waals surface area contributed by atoms with E-state index in [-0.39, 0.29) is 0 Å². The van der Waals surface area contributed by atoms with Crippen LogP contribution in [-0.2, 0) is 19.6 Å². The molecule has 0 bridgehead atoms. The topological polar surface area (TPSA) is 47.2 Å². The van der Waals surface area contributed by atoms with Crippen LogP contribution in [0.25, 0.3) is 5.65 Å². The Balaban J connectivity index is 1.66. The summed E-state index contributed by atoms with van der Waals surface area (Å²) in [5, 5.41) is 7.22. The van der Waals surface area contributed by atoms with Crippen molar-refractivity contribution < 1.29 is 13.2 Å². The monoisotopic (exact) mass is 337 g/mol. The van der Waals surface area contributed by atoms with Gasteiger partial charge in [0.2, 0.25) is 0 Å². The summed E-state index contributed by atoms with van der Waals surface area (Å²) in [5.41, 5.74) is 3.67. The first-order valence-corrected chi connectivity index (χ1v) is 7.56. The minimum Gasteiger partial charge on any atom is -0.307 e. The van der Waals surface area contributed by atoms with Crippen LogP contribution in [0.1, 0.15) is 22.6 Å². The number of hydrogen-bond acceptors (Lipinski definition) is 3. The average Bonchev–Trinajstić information content (AvgIpc) is 3.01. The fourth-order valence-electron chi connectivity index (χ4n) is 2.70. The van der Waals surface area contributed by atoms with Gasteiger partial charge >= 0.3 is 6.18 Å². The number of nitrogens with zero attached hydrogens (tertiary/aromatic N) is 4. The van der Waals surface area contributed by atoms with E-state index in [0.29, 0.717) is 24.5 Å². The number of aromatic nitrogens is 4. The lowest BCUT2D eigenvalue weighted by atomic mass is 10.2. The van der Waals surface area contributed by atoms with Crippen molar-refractivity contribution in [2.45, 2.75) is 39.7 Å². The summed E-state index contributed by atoms with van der Waals surface area (Å²) in [5.74, 6) is 0. The Morgan fingerprint density at radius 1 is 1.17 bits per heavy atom. The van der Waals surface area contributed by atoms with Gasteiger partial charge in [0.15, 0.2) is 0 Å². The van der Waals surface area contributed by atoms with Crippen LogP contribution in [0.2, 0.25) is 0 Å². The highest BCUT2D eigenvalue weighted by atomic mass is 19.4. The van der Waals surface area contributed by atoms with Crippen LogP contribution < -0.4 is 5.32 Å². The van der Waals surface area contributed by atoms with Crippen molar-refractivity contribution in [2.24, 2.45) is 0 Å². The summed E-state index contributed by atoms with van der Waals surface area (Å²) < 4.78 is 40.6. The second-order valence-electron chi connectivity index (χ2n) is 5.72. The van der Waals surface area contributed by atoms with Gasteiger partial charge in [-0.1, -0.05) is 6.07 Å². The Morgan fingerprint density at radius 3 is 2.67 bits per heavy atom. The number of imidazole rings is 1. The molecule has 128 valence electrons. The van der Waals surface area contributed by atoms with Crippen molar-refractivity contribution in [3.05, 3.63) is 53.2 Å². The molecule has 0 aliphatic rings. The van der Waals surface area contributed by atoms with E-state index in [9.17, 15) is 13.2 Å². The zero-order chi connectivity index (χ0) is 17.3. The lowest BCUT2D eigenvalue weighted by molar-refractivity contribution is -0.142. The summed E-state index contributed by atoms with van der Waals surface area (Å²) in [6.45, 7) is 3.30. The molecule has 24 heavy (non-hydrogen) atoms. The molecule has 1 N–H and O–H groups in total. The smallest absolute Gasteiger partial charge is 0.307 e. The third-order valence-corrected chi connectivity index (χ3v) is 3.88. The molecule has 0 radical (unpaired) electrons. The third kappa shape index (κ3) is 3.59. The van der Waals surface area contributed by atoms with Crippen LogP contribution in [0.5, 0.6) is 0 Å². The normalized spacial score (nSPS) is 12.2. The minimum absolute atomic E-state index is 0.448. The summed E-state index contributed by atoms with van der Waals surface area (Å²) in [7, 11) is 0. The number of fused-ring (bicyclic) bond motifs is 1. The van der Waals surface area contributed by atoms with Crippen LogP contribution in [0.3, 0.4) is 0 Å². The van der Waals surface area contributed by atoms with E-state index >= 15 is 0 Å². The summed E-state index contributed by atoms with van der Waals surface area (Å²) in [4.78, 5) is 4.47. The van der Waals surface area contributed by atoms with Crippen LogP contribution in [-0.4, -0.2) is 25.3 Å². The number of rotatable bonds is 5. The van der Waals surface area contributed by atoms with Gasteiger partial charge < -0.3 is 9.72 Å². The molecule has 5 nitrogen and oxygen atoms in total. The van der Waals surface area contributed by atoms with Crippen molar-refractivity contribution in [1.29, 1.82) is 0 Å². The van der Waals surface area contributed by atoms with Gasteiger partial charge in [0, 0.05) is 36.7 Å². The molecule has 0 amide bonds. The molecule has 0 atom stereocenters. The van der Waals surface area contributed by atoms with Crippen molar-refractivity contribution in [3.63, 3.8) is 0 Å². The van der Waals surface area contributed by atoms with Crippen molar-refractivity contribution in [3.8, 4) is 0 Å². The first kappa shape index (κ1) is 16.5. The molecular formula is C16H18F3N5. The van der Waals surface area contributed by atoms with E-state index in [4.69, 9.17) is 0 Å². The second kappa shape index (κ2) is 6.27. The maximum atomic E-state index is 12.5. The Kier molecular flexibility index (Phi) is 4.31. The van der Waals surface area contributed by atoms with Gasteiger partial charge in [-0.05, 0) is 26.0 Å². The third-order valence-electron chi connectivity index (χ3n) is 3.88. The highest BCUT2D eigenvalue weighted by Crippen LogP contribution is 2.21. The summed E-state index contributed by atoms with van der Waals surface area (Å²) >= 11 is 0. The fraction of sp³-hybridized carbons (Fsp3) is 0.375. The molecule has 3 rings (SSSR count). The van der Waals surface area contributed by atoms with Gasteiger partial charge in [-0.2, -0.15) is 18.3 Å². The number of aryl methyl sites for hydroxylation is 1. The molecule has 0 unspecified atom stereocenters. The van der Waals surface area contributed by atoms with Crippen molar-refractivity contribution in [1.82, 2.24) is 24.5 Å². The molecule has 0 spiro atoms. The predicted octanol–water partition coefficient (Wildman–Crippen LogP) is 3.00. The average molecular weight is 337 g/mol. The van der Waals surface area contributed by atoms with Gasteiger partial charge in [-0.25, -0.2) is 4.98 Å². The van der Waals surface area contributed by atoms with Gasteiger partial charge in [-0.15, -0.1) is 0 Å². The van der Waals surface area contributed by atoms with Gasteiger partial charge in [0.25, 0.3) is 0 Å². The molecule has 0 aliphatic carbocycles. The van der Waals surface area contributed by atoms with E-state index in [0.717, 1.165) is 21.6 Å². The molecule has 0 fully saturated rings. The molecular weight excluding hydrogens is 319 g/mol. The van der Waals surface area contributed by atoms with Crippen molar-refractivity contribution in [2.75, 3.05) is 0 Å². The van der Waals surface area contributed by atoms with E-state index in [1.165, 1.54) is 0 Å². The maximum absolute atomic E-state index is 12.5. The van der Waals surface area contributed by atoms with Crippen LogP contribution >= 0.6 is 0 Å². The first-order chi connectivity index (χ1) is 11.3. The molecule has 3 aromatic rings. The fourth-order valence-corrected chi connectivity index (χ4v) is 2.70. The van der Waals surface area contributed by atoms with E-state index < -0.39 is 12.7 Å². The predicted molar refractivity (Wildman–Crippen MR) is 83.5 cm³/mol. The number of nitrogens with one attached hydrogen (secondary N) is 1. The van der Waals surface area contributed by atoms with Crippen molar-refractivity contribution >= 4 is 5.65 Å². The highest BCUT2D eigenvalue weighted by molar-refractivity contribution is 5.39. The number of pyridine rings is 1. The van der Waals surface area contributed by atoms with Crippen LogP contribution in [0.15, 0.2) is 30.6 Å². The number of alkyl halides is 3. The zero-order valence-electron chi connectivity index (χ0n) is 13.4. The van der Waals surface area contributed by atoms with E-state index in [1.807, 2.05) is 35.0 Å². The number of hydrogen-bond donors (Lipinski definition) is 1. The molecule has 3 aromatic heterocycles. The van der Waals surface area contributed by atoms with Crippen LogP contribution in [0.4, 0.5) is 13.2 Å². The first-order valence-electron chi connectivity index (χ1n) is 7.56. The quantitative estimate of drug-likeness (QED) is 0.779. The second-order valence-corrected chi connectivity index (χ2v) is 5.72. The van der Waals surface area contributed by atoms with Gasteiger partial charge in [0.1, 0.15) is 12.2 Å². The molecule has 8 heteroatoms. The Morgan fingerprint density at radius 2 is 1.96 bits per heavy atom. The Bertz CT molecular complexity index is 814. The largest absolute Gasteiger partial charge is 0.408 e. The Hall–Kier alpha value is -2.35. The molecule has 0 aromatic carbocycles. The lowest BCUT2D eigenvalue weighted by Crippen LogP contribution is -2.20. The molecule has 3 heterocycles. The van der Waals surface area contributed by atoms with E-state index in [1.54, 1.807) is 13.8 Å². The standard InChI is InChI=1S/C16H18F3N5/c1-11-14(12(2)24(22-11)10-16(17,18)19)8-20-7-13-9-23-6-4-3-5-15(23)21-13/h3-6,9,20H,7-8,10H2,1-2H3. The summed E-state index contributed by atoms with van der Waals surface area (Å²) in [6, 6.07) is 5.76. The lowest BCUT2D eigenvalue weighted by Gasteiger charge is -2.09. The number of halogens is 3. The van der Waals surface area contributed by atoms with Gasteiger partial charge in [-0.3, -0.25) is 4.68 Å². The van der Waals surface area contributed by atoms with Crippen LogP contribution in [0, 0.1) is 13.8 Å². The maximum Gasteiger partial charge on any atom is 0.408 e. The van der Waals surface area contributed by atoms with Gasteiger partial charge in [0.05, 0.1) is 11.4 Å². The SMILES string of the molecule is Cc1nn(CC(F)(F)F)c(C)c1CNCc1cn2ccccc2n1. The minimum atomic E-state index is -4.27. The summed E-state index contributed by atoms with van der Waals surface area (Å²) in [6.07, 6.45) is -0.430. The molecule has 0 aliphatic heterocycles. The highest BCUT2D eigenvalue weighted by Gasteiger charge is 2.30. The molecule has 0 saturated heterocycles. The Labute approximate surface area is 137 Å².